The van der Waals surface area contributed by atoms with Crippen LogP contribution in [0, 0.1) is 6.92 Å². The van der Waals surface area contributed by atoms with Crippen LogP contribution in [0.25, 0.3) is 11.2 Å². The quantitative estimate of drug-likeness (QED) is 0.418. The van der Waals surface area contributed by atoms with Gasteiger partial charge in [-0.25, -0.2) is 4.79 Å². The lowest BCUT2D eigenvalue weighted by Gasteiger charge is -2.16. The third-order valence-electron chi connectivity index (χ3n) is 4.82. The van der Waals surface area contributed by atoms with Crippen molar-refractivity contribution in [2.45, 2.75) is 26.0 Å². The van der Waals surface area contributed by atoms with Crippen molar-refractivity contribution >= 4 is 17.1 Å². The number of rotatable bonds is 9. The molecule has 0 aliphatic carbocycles. The molecule has 0 fully saturated rings. The number of nitrogens with zero attached hydrogens (tertiary/aromatic N) is 4. The second-order valence-corrected chi connectivity index (χ2v) is 7.21. The molecule has 0 saturated carbocycles. The number of hydrogen-bond donors (Lipinski definition) is 3. The molecule has 0 amide bonds. The lowest BCUT2D eigenvalue weighted by Crippen LogP contribution is -2.38. The molecule has 2 heterocycles. The van der Waals surface area contributed by atoms with Gasteiger partial charge in [0.2, 0.25) is 5.95 Å². The highest BCUT2D eigenvalue weighted by Gasteiger charge is 2.21. The summed E-state index contributed by atoms with van der Waals surface area (Å²) in [4.78, 5) is 29.4. The van der Waals surface area contributed by atoms with Crippen molar-refractivity contribution in [2.24, 2.45) is 14.1 Å². The summed E-state index contributed by atoms with van der Waals surface area (Å²) in [6.45, 7) is 2.45. The second-order valence-electron chi connectivity index (χ2n) is 7.21. The summed E-state index contributed by atoms with van der Waals surface area (Å²) in [6, 6.07) is 7.47. The van der Waals surface area contributed by atoms with E-state index in [1.54, 1.807) is 4.57 Å². The molecule has 1 aromatic carbocycles. The topological polar surface area (TPSA) is 124 Å². The molecule has 2 aromatic heterocycles. The third kappa shape index (κ3) is 4.39. The summed E-state index contributed by atoms with van der Waals surface area (Å²) in [5, 5.41) is 22.6. The van der Waals surface area contributed by atoms with Crippen LogP contribution in [0.1, 0.15) is 12.0 Å². The molecule has 3 N–H and O–H groups in total. The molecule has 10 nitrogen and oxygen atoms in total. The molecular formula is C20H27N5O5. The zero-order valence-electron chi connectivity index (χ0n) is 17.3. The van der Waals surface area contributed by atoms with E-state index in [4.69, 9.17) is 9.84 Å². The summed E-state index contributed by atoms with van der Waals surface area (Å²) in [6.07, 6.45) is -0.441. The fourth-order valence-corrected chi connectivity index (χ4v) is 3.13. The van der Waals surface area contributed by atoms with Crippen molar-refractivity contribution in [3.8, 4) is 5.75 Å². The molecule has 0 saturated heterocycles. The summed E-state index contributed by atoms with van der Waals surface area (Å²) in [5.41, 5.74) is 0.555. The van der Waals surface area contributed by atoms with Crippen LogP contribution in [0.5, 0.6) is 5.75 Å². The van der Waals surface area contributed by atoms with E-state index in [1.165, 1.54) is 18.7 Å². The Morgan fingerprint density at radius 3 is 2.53 bits per heavy atom. The summed E-state index contributed by atoms with van der Waals surface area (Å²) >= 11 is 0. The predicted molar refractivity (Wildman–Crippen MR) is 113 cm³/mol. The van der Waals surface area contributed by atoms with Gasteiger partial charge in [0.25, 0.3) is 5.56 Å². The van der Waals surface area contributed by atoms with Gasteiger partial charge in [0.15, 0.2) is 11.2 Å². The first-order valence-electron chi connectivity index (χ1n) is 9.72. The average molecular weight is 417 g/mol. The van der Waals surface area contributed by atoms with Crippen LogP contribution in [-0.2, 0) is 20.6 Å². The number of nitrogens with one attached hydrogen (secondary N) is 1. The Morgan fingerprint density at radius 1 is 1.17 bits per heavy atom. The maximum Gasteiger partial charge on any atom is 0.332 e. The predicted octanol–water partition coefficient (Wildman–Crippen LogP) is -0.0237. The minimum atomic E-state index is -0.927. The van der Waals surface area contributed by atoms with E-state index in [-0.39, 0.29) is 30.9 Å². The zero-order chi connectivity index (χ0) is 21.8. The Morgan fingerprint density at radius 2 is 1.87 bits per heavy atom. The Kier molecular flexibility index (Phi) is 6.58. The highest BCUT2D eigenvalue weighted by molar-refractivity contribution is 5.74. The number of aryl methyl sites for hydroxylation is 2. The van der Waals surface area contributed by atoms with Gasteiger partial charge in [-0.15, -0.1) is 0 Å². The van der Waals surface area contributed by atoms with Crippen LogP contribution < -0.4 is 21.3 Å². The maximum atomic E-state index is 12.8. The minimum absolute atomic E-state index is 0.000491. The van der Waals surface area contributed by atoms with Gasteiger partial charge in [0.05, 0.1) is 6.54 Å². The molecule has 0 aliphatic heterocycles. The lowest BCUT2D eigenvalue weighted by atomic mass is 10.2. The van der Waals surface area contributed by atoms with E-state index in [9.17, 15) is 14.7 Å². The Labute approximate surface area is 173 Å². The molecule has 30 heavy (non-hydrogen) atoms. The average Bonchev–Trinajstić information content (AvgIpc) is 3.08. The molecule has 0 bridgehead atoms. The number of ether oxygens (including phenoxy) is 1. The van der Waals surface area contributed by atoms with E-state index in [2.05, 4.69) is 10.3 Å². The van der Waals surface area contributed by atoms with Crippen LogP contribution in [0.2, 0.25) is 0 Å². The molecule has 162 valence electrons. The van der Waals surface area contributed by atoms with Gasteiger partial charge in [-0.3, -0.25) is 13.9 Å². The van der Waals surface area contributed by atoms with Gasteiger partial charge < -0.3 is 24.8 Å². The molecule has 0 radical (unpaired) electrons. The smallest absolute Gasteiger partial charge is 0.332 e. The van der Waals surface area contributed by atoms with E-state index < -0.39 is 17.4 Å². The van der Waals surface area contributed by atoms with Gasteiger partial charge in [-0.1, -0.05) is 17.7 Å². The van der Waals surface area contributed by atoms with Crippen LogP contribution in [0.15, 0.2) is 33.9 Å². The number of fused-ring (bicyclic) bond motifs is 1. The lowest BCUT2D eigenvalue weighted by molar-refractivity contribution is 0.0938. The maximum absolute atomic E-state index is 12.8. The molecule has 0 aliphatic rings. The fraction of sp³-hybridized carbons (Fsp3) is 0.450. The van der Waals surface area contributed by atoms with Crippen molar-refractivity contribution in [3.05, 3.63) is 50.7 Å². The molecule has 10 heteroatoms. The fourth-order valence-electron chi connectivity index (χ4n) is 3.13. The number of aliphatic hydroxyl groups excluding tert-OH is 2. The number of imidazole rings is 1. The van der Waals surface area contributed by atoms with Crippen molar-refractivity contribution < 1.29 is 14.9 Å². The van der Waals surface area contributed by atoms with Crippen LogP contribution >= 0.6 is 0 Å². The van der Waals surface area contributed by atoms with E-state index >= 15 is 0 Å². The van der Waals surface area contributed by atoms with Gasteiger partial charge in [-0.2, -0.15) is 4.98 Å². The molecule has 1 unspecified atom stereocenters. The number of aromatic nitrogens is 4. The summed E-state index contributed by atoms with van der Waals surface area (Å²) in [7, 11) is 2.94. The van der Waals surface area contributed by atoms with Crippen molar-refractivity contribution in [2.75, 3.05) is 25.1 Å². The first-order chi connectivity index (χ1) is 14.3. The SMILES string of the molecule is Cc1ccc(OCC(O)Cn2c(NCCCO)nc3c2c(=O)n(C)c(=O)n3C)cc1. The number of hydrogen-bond acceptors (Lipinski definition) is 7. The van der Waals surface area contributed by atoms with Crippen LogP contribution in [0.3, 0.4) is 0 Å². The normalized spacial score (nSPS) is 12.3. The Hall–Kier alpha value is -3.11. The highest BCUT2D eigenvalue weighted by Crippen LogP contribution is 2.17. The first-order valence-corrected chi connectivity index (χ1v) is 9.72. The molecule has 1 atom stereocenters. The van der Waals surface area contributed by atoms with E-state index in [0.29, 0.717) is 24.7 Å². The van der Waals surface area contributed by atoms with Crippen molar-refractivity contribution in [3.63, 3.8) is 0 Å². The summed E-state index contributed by atoms with van der Waals surface area (Å²) < 4.78 is 9.49. The molecular weight excluding hydrogens is 390 g/mol. The number of anilines is 1. The Bertz CT molecular complexity index is 1130. The standard InChI is InChI=1S/C20H27N5O5/c1-13-5-7-15(8-6-13)30-12-14(27)11-25-16-17(22-19(25)21-9-4-10-26)23(2)20(29)24(3)18(16)28/h5-8,14,26-27H,4,9-12H2,1-3H3,(H,21,22). The largest absolute Gasteiger partial charge is 0.491 e. The highest BCUT2D eigenvalue weighted by atomic mass is 16.5. The minimum Gasteiger partial charge on any atom is -0.491 e. The molecule has 3 rings (SSSR count). The van der Waals surface area contributed by atoms with E-state index in [0.717, 1.165) is 10.1 Å². The Balaban J connectivity index is 1.91. The second kappa shape index (κ2) is 9.14. The number of benzene rings is 1. The monoisotopic (exact) mass is 417 g/mol. The van der Waals surface area contributed by atoms with Crippen molar-refractivity contribution in [1.82, 2.24) is 18.7 Å². The third-order valence-corrected chi connectivity index (χ3v) is 4.82. The van der Waals surface area contributed by atoms with Crippen LogP contribution in [0.4, 0.5) is 5.95 Å². The van der Waals surface area contributed by atoms with Crippen molar-refractivity contribution in [1.29, 1.82) is 0 Å². The number of aliphatic hydroxyl groups is 2. The van der Waals surface area contributed by atoms with Gasteiger partial charge in [0, 0.05) is 27.2 Å². The van der Waals surface area contributed by atoms with Gasteiger partial charge in [0.1, 0.15) is 18.5 Å². The molecule has 0 spiro atoms. The zero-order valence-corrected chi connectivity index (χ0v) is 17.3. The molecule has 3 aromatic rings. The van der Waals surface area contributed by atoms with E-state index in [1.807, 2.05) is 31.2 Å². The van der Waals surface area contributed by atoms with Gasteiger partial charge >= 0.3 is 5.69 Å². The summed E-state index contributed by atoms with van der Waals surface area (Å²) in [5.74, 6) is 0.973. The first kappa shape index (κ1) is 21.6. The van der Waals surface area contributed by atoms with Crippen LogP contribution in [-0.4, -0.2) is 54.8 Å². The van der Waals surface area contributed by atoms with Gasteiger partial charge in [-0.05, 0) is 25.5 Å².